The Kier molecular flexibility index (Phi) is 5.85. The van der Waals surface area contributed by atoms with E-state index in [0.717, 1.165) is 24.6 Å². The number of piperidine rings is 1. The lowest BCUT2D eigenvalue weighted by Crippen LogP contribution is -2.35. The third kappa shape index (κ3) is 4.23. The summed E-state index contributed by atoms with van der Waals surface area (Å²) in [5, 5.41) is 10.5. The molecular weight excluding hydrogens is 470 g/mol. The van der Waals surface area contributed by atoms with Gasteiger partial charge in [-0.2, -0.15) is 4.31 Å². The number of hydrogen-bond donors (Lipinski definition) is 0. The van der Waals surface area contributed by atoms with Gasteiger partial charge in [0.15, 0.2) is 0 Å². The second kappa shape index (κ2) is 8.78. The molecule has 4 aromatic rings. The first-order valence-corrected chi connectivity index (χ1v) is 12.7. The second-order valence-electron chi connectivity index (χ2n) is 7.31. The van der Waals surface area contributed by atoms with Crippen molar-refractivity contribution in [1.82, 2.24) is 24.5 Å². The number of sulfonamides is 1. The van der Waals surface area contributed by atoms with Crippen molar-refractivity contribution in [2.24, 2.45) is 0 Å². The summed E-state index contributed by atoms with van der Waals surface area (Å²) in [6.07, 6.45) is 4.27. The van der Waals surface area contributed by atoms with E-state index in [4.69, 9.17) is 16.0 Å². The number of fused-ring (bicyclic) bond motifs is 1. The third-order valence-electron chi connectivity index (χ3n) is 5.19. The van der Waals surface area contributed by atoms with Crippen molar-refractivity contribution in [3.8, 4) is 11.5 Å². The van der Waals surface area contributed by atoms with Crippen LogP contribution in [0.1, 0.15) is 19.3 Å². The summed E-state index contributed by atoms with van der Waals surface area (Å²) in [7, 11) is -3.55. The Balaban J connectivity index is 1.41. The monoisotopic (exact) mass is 487 g/mol. The minimum atomic E-state index is -3.55. The average Bonchev–Trinajstić information content (AvgIpc) is 3.28. The van der Waals surface area contributed by atoms with Crippen molar-refractivity contribution in [3.63, 3.8) is 0 Å². The number of nitrogens with zero attached hydrogens (tertiary/aromatic N) is 5. The van der Waals surface area contributed by atoms with Gasteiger partial charge >= 0.3 is 0 Å². The molecule has 1 saturated heterocycles. The van der Waals surface area contributed by atoms with Crippen LogP contribution in [0, 0.1) is 0 Å². The van der Waals surface area contributed by atoms with E-state index < -0.39 is 10.0 Å². The summed E-state index contributed by atoms with van der Waals surface area (Å²) in [6, 6.07) is 12.0. The van der Waals surface area contributed by atoms with Crippen molar-refractivity contribution in [2.45, 2.75) is 34.4 Å². The Morgan fingerprint density at radius 1 is 1.00 bits per heavy atom. The molecule has 0 saturated carbocycles. The van der Waals surface area contributed by atoms with Crippen LogP contribution >= 0.6 is 23.4 Å². The van der Waals surface area contributed by atoms with E-state index in [1.54, 1.807) is 36.4 Å². The van der Waals surface area contributed by atoms with Gasteiger partial charge in [0.05, 0.1) is 10.4 Å². The minimum absolute atomic E-state index is 0.225. The summed E-state index contributed by atoms with van der Waals surface area (Å²) in [5.74, 6) is 0.240. The molecule has 32 heavy (non-hydrogen) atoms. The summed E-state index contributed by atoms with van der Waals surface area (Å²) in [6.45, 7) is 1.10. The van der Waals surface area contributed by atoms with Crippen LogP contribution in [-0.4, -0.2) is 46.0 Å². The van der Waals surface area contributed by atoms with E-state index in [-0.39, 0.29) is 10.8 Å². The number of rotatable bonds is 5. The molecular formula is C21H18ClN5O3S2. The molecule has 11 heteroatoms. The van der Waals surface area contributed by atoms with Gasteiger partial charge in [-0.05, 0) is 61.0 Å². The van der Waals surface area contributed by atoms with Gasteiger partial charge in [0, 0.05) is 29.1 Å². The van der Waals surface area contributed by atoms with Gasteiger partial charge in [0.1, 0.15) is 11.4 Å². The molecule has 0 atom stereocenters. The molecule has 2 aromatic heterocycles. The average molecular weight is 488 g/mol. The van der Waals surface area contributed by atoms with Gasteiger partial charge in [-0.1, -0.05) is 24.1 Å². The molecule has 3 heterocycles. The Morgan fingerprint density at radius 2 is 1.84 bits per heavy atom. The fourth-order valence-corrected chi connectivity index (χ4v) is 6.06. The van der Waals surface area contributed by atoms with E-state index >= 15 is 0 Å². The zero-order valence-corrected chi connectivity index (χ0v) is 19.2. The van der Waals surface area contributed by atoms with Crippen LogP contribution < -0.4 is 0 Å². The Hall–Kier alpha value is -2.53. The highest BCUT2D eigenvalue weighted by molar-refractivity contribution is 7.99. The molecule has 8 nitrogen and oxygen atoms in total. The van der Waals surface area contributed by atoms with Gasteiger partial charge in [-0.15, -0.1) is 10.2 Å². The maximum atomic E-state index is 13.0. The summed E-state index contributed by atoms with van der Waals surface area (Å²) >= 11 is 7.25. The van der Waals surface area contributed by atoms with Crippen LogP contribution in [0.25, 0.3) is 22.4 Å². The maximum Gasteiger partial charge on any atom is 0.283 e. The summed E-state index contributed by atoms with van der Waals surface area (Å²) < 4.78 is 33.3. The highest BCUT2D eigenvalue weighted by Gasteiger charge is 2.26. The normalized spacial score (nSPS) is 15.3. The molecule has 1 fully saturated rings. The van der Waals surface area contributed by atoms with Crippen LogP contribution in [0.5, 0.6) is 0 Å². The molecule has 0 bridgehead atoms. The van der Waals surface area contributed by atoms with Crippen molar-refractivity contribution in [1.29, 1.82) is 0 Å². The van der Waals surface area contributed by atoms with Crippen molar-refractivity contribution >= 4 is 44.3 Å². The standard InChI is InChI=1S/C21H18ClN5O3S2/c22-15-7-8-17-18(12-15)23-13-24-20(17)31-21-26-25-19(30-21)14-5-4-6-16(11-14)32(28,29)27-9-2-1-3-10-27/h4-8,11-13H,1-3,9-10H2. The van der Waals surface area contributed by atoms with Crippen LogP contribution in [0.2, 0.25) is 5.02 Å². The maximum absolute atomic E-state index is 13.0. The topological polar surface area (TPSA) is 102 Å². The number of aromatic nitrogens is 4. The van der Waals surface area contributed by atoms with Gasteiger partial charge in [0.2, 0.25) is 15.9 Å². The largest absolute Gasteiger partial charge is 0.411 e. The molecule has 5 rings (SSSR count). The summed E-state index contributed by atoms with van der Waals surface area (Å²) in [5.41, 5.74) is 1.26. The van der Waals surface area contributed by atoms with Crippen LogP contribution in [0.4, 0.5) is 0 Å². The fraction of sp³-hybridized carbons (Fsp3) is 0.238. The molecule has 164 valence electrons. The Labute approximate surface area is 194 Å². The molecule has 1 aliphatic heterocycles. The van der Waals surface area contributed by atoms with Gasteiger partial charge in [-0.25, -0.2) is 18.4 Å². The molecule has 0 amide bonds. The van der Waals surface area contributed by atoms with Gasteiger partial charge in [-0.3, -0.25) is 0 Å². The van der Waals surface area contributed by atoms with Crippen molar-refractivity contribution in [3.05, 3.63) is 53.8 Å². The first-order chi connectivity index (χ1) is 15.5. The molecule has 0 aliphatic carbocycles. The lowest BCUT2D eigenvalue weighted by Gasteiger charge is -2.25. The first kappa shape index (κ1) is 21.3. The molecule has 0 radical (unpaired) electrons. The van der Waals surface area contributed by atoms with Crippen molar-refractivity contribution in [2.75, 3.05) is 13.1 Å². The zero-order valence-electron chi connectivity index (χ0n) is 16.8. The predicted molar refractivity (Wildman–Crippen MR) is 121 cm³/mol. The second-order valence-corrected chi connectivity index (χ2v) is 10.6. The highest BCUT2D eigenvalue weighted by Crippen LogP contribution is 2.33. The van der Waals surface area contributed by atoms with E-state index in [0.29, 0.717) is 39.4 Å². The zero-order chi connectivity index (χ0) is 22.1. The quantitative estimate of drug-likeness (QED) is 0.374. The predicted octanol–water partition coefficient (Wildman–Crippen LogP) is 4.66. The van der Waals surface area contributed by atoms with Crippen LogP contribution in [0.15, 0.2) is 68.4 Å². The fourth-order valence-electron chi connectivity index (χ4n) is 3.58. The highest BCUT2D eigenvalue weighted by atomic mass is 35.5. The number of halogens is 1. The van der Waals surface area contributed by atoms with Gasteiger partial charge < -0.3 is 4.42 Å². The third-order valence-corrected chi connectivity index (χ3v) is 8.17. The lowest BCUT2D eigenvalue weighted by molar-refractivity contribution is 0.346. The molecule has 2 aromatic carbocycles. The van der Waals surface area contributed by atoms with Gasteiger partial charge in [0.25, 0.3) is 5.22 Å². The van der Waals surface area contributed by atoms with E-state index in [2.05, 4.69) is 20.2 Å². The minimum Gasteiger partial charge on any atom is -0.411 e. The first-order valence-electron chi connectivity index (χ1n) is 10.0. The van der Waals surface area contributed by atoms with E-state index in [1.807, 2.05) is 6.07 Å². The smallest absolute Gasteiger partial charge is 0.283 e. The van der Waals surface area contributed by atoms with Crippen molar-refractivity contribution < 1.29 is 12.8 Å². The van der Waals surface area contributed by atoms with E-state index in [1.165, 1.54) is 22.4 Å². The molecule has 0 spiro atoms. The summed E-state index contributed by atoms with van der Waals surface area (Å²) in [4.78, 5) is 8.77. The molecule has 0 unspecified atom stereocenters. The van der Waals surface area contributed by atoms with Crippen LogP contribution in [-0.2, 0) is 10.0 Å². The molecule has 1 aliphatic rings. The molecule has 0 N–H and O–H groups in total. The SMILES string of the molecule is O=S(=O)(c1cccc(-c2nnc(Sc3ncnc4cc(Cl)ccc34)o2)c1)N1CCCCC1. The lowest BCUT2D eigenvalue weighted by atomic mass is 10.2. The Morgan fingerprint density at radius 3 is 2.69 bits per heavy atom. The van der Waals surface area contributed by atoms with E-state index in [9.17, 15) is 8.42 Å². The number of hydrogen-bond acceptors (Lipinski definition) is 8. The Bertz CT molecular complexity index is 1390. The number of benzene rings is 2. The van der Waals surface area contributed by atoms with Crippen LogP contribution in [0.3, 0.4) is 0 Å².